The maximum Gasteiger partial charge on any atom is 0.408 e. The molecule has 0 saturated carbocycles. The summed E-state index contributed by atoms with van der Waals surface area (Å²) in [4.78, 5) is 39.6. The van der Waals surface area contributed by atoms with Gasteiger partial charge in [-0.3, -0.25) is 9.59 Å². The van der Waals surface area contributed by atoms with E-state index in [1.807, 2.05) is 20.8 Å². The van der Waals surface area contributed by atoms with Gasteiger partial charge in [0.25, 0.3) is 0 Å². The molecule has 0 aliphatic carbocycles. The van der Waals surface area contributed by atoms with E-state index < -0.39 is 23.6 Å². The second-order valence-electron chi connectivity index (χ2n) is 8.63. The molecule has 1 aromatic carbocycles. The normalized spacial score (nSPS) is 13.1. The zero-order valence-electron chi connectivity index (χ0n) is 19.5. The molecule has 3 N–H and O–H groups in total. The zero-order chi connectivity index (χ0) is 23.6. The summed E-state index contributed by atoms with van der Waals surface area (Å²) in [6, 6.07) is 5.29. The van der Waals surface area contributed by atoms with Crippen LogP contribution in [0.5, 0.6) is 5.75 Å². The molecular weight excluding hydrogens is 398 g/mol. The first-order valence-corrected chi connectivity index (χ1v) is 10.8. The molecule has 2 unspecified atom stereocenters. The fourth-order valence-electron chi connectivity index (χ4n) is 3.16. The van der Waals surface area contributed by atoms with E-state index in [2.05, 4.69) is 10.6 Å². The third-order valence-corrected chi connectivity index (χ3v) is 4.45. The smallest absolute Gasteiger partial charge is 0.408 e. The van der Waals surface area contributed by atoms with E-state index in [4.69, 9.17) is 4.74 Å². The largest absolute Gasteiger partial charge is 0.508 e. The molecule has 31 heavy (non-hydrogen) atoms. The first-order valence-electron chi connectivity index (χ1n) is 10.8. The van der Waals surface area contributed by atoms with Crippen LogP contribution >= 0.6 is 0 Å². The number of carbonyl (C=O) groups is 3. The molecule has 1 aromatic rings. The van der Waals surface area contributed by atoms with Crippen LogP contribution < -0.4 is 10.6 Å². The SMILES string of the molecule is CCCC(C)NC(=O)C(c1ccc(O)cc1)N(CCC)C(=O)CNC(=O)OC(C)(C)C. The van der Waals surface area contributed by atoms with Crippen molar-refractivity contribution in [2.75, 3.05) is 13.1 Å². The van der Waals surface area contributed by atoms with E-state index in [1.165, 1.54) is 17.0 Å². The van der Waals surface area contributed by atoms with E-state index in [0.717, 1.165) is 12.8 Å². The molecule has 0 fully saturated rings. The van der Waals surface area contributed by atoms with E-state index in [9.17, 15) is 19.5 Å². The minimum atomic E-state index is -0.882. The van der Waals surface area contributed by atoms with Gasteiger partial charge in [0.15, 0.2) is 0 Å². The predicted molar refractivity (Wildman–Crippen MR) is 120 cm³/mol. The molecule has 1 rings (SSSR count). The third-order valence-electron chi connectivity index (χ3n) is 4.45. The van der Waals surface area contributed by atoms with Gasteiger partial charge < -0.3 is 25.4 Å². The Balaban J connectivity index is 3.10. The van der Waals surface area contributed by atoms with Crippen LogP contribution in [0.2, 0.25) is 0 Å². The first kappa shape index (κ1) is 26.3. The molecular formula is C23H37N3O5. The lowest BCUT2D eigenvalue weighted by Gasteiger charge is -2.32. The number of amides is 3. The summed E-state index contributed by atoms with van der Waals surface area (Å²) < 4.78 is 5.19. The van der Waals surface area contributed by atoms with Gasteiger partial charge >= 0.3 is 6.09 Å². The molecule has 0 aliphatic heterocycles. The molecule has 0 heterocycles. The Labute approximate surface area is 185 Å². The average molecular weight is 436 g/mol. The van der Waals surface area contributed by atoms with Gasteiger partial charge in [0.05, 0.1) is 0 Å². The van der Waals surface area contributed by atoms with Gasteiger partial charge in [-0.25, -0.2) is 4.79 Å². The molecule has 174 valence electrons. The van der Waals surface area contributed by atoms with Crippen molar-refractivity contribution in [3.8, 4) is 5.75 Å². The first-order chi connectivity index (χ1) is 14.5. The Morgan fingerprint density at radius 2 is 1.71 bits per heavy atom. The van der Waals surface area contributed by atoms with Crippen LogP contribution in [0, 0.1) is 0 Å². The van der Waals surface area contributed by atoms with Gasteiger partial charge in [-0.05, 0) is 58.2 Å². The maximum absolute atomic E-state index is 13.2. The highest BCUT2D eigenvalue weighted by Crippen LogP contribution is 2.24. The standard InChI is InChI=1S/C23H37N3O5/c1-7-9-16(3)25-21(29)20(17-10-12-18(27)13-11-17)26(14-8-2)19(28)15-24-22(30)31-23(4,5)6/h10-13,16,20,27H,7-9,14-15H2,1-6H3,(H,24,30)(H,25,29). The van der Waals surface area contributed by atoms with Crippen molar-refractivity contribution in [1.82, 2.24) is 15.5 Å². The lowest BCUT2D eigenvalue weighted by Crippen LogP contribution is -2.49. The number of aromatic hydroxyl groups is 1. The monoisotopic (exact) mass is 435 g/mol. The highest BCUT2D eigenvalue weighted by molar-refractivity contribution is 5.90. The highest BCUT2D eigenvalue weighted by Gasteiger charge is 2.32. The molecule has 2 atom stereocenters. The average Bonchev–Trinajstić information content (AvgIpc) is 2.66. The molecule has 0 aliphatic rings. The molecule has 0 saturated heterocycles. The number of hydrogen-bond donors (Lipinski definition) is 3. The topological polar surface area (TPSA) is 108 Å². The summed E-state index contributed by atoms with van der Waals surface area (Å²) >= 11 is 0. The van der Waals surface area contributed by atoms with E-state index >= 15 is 0 Å². The molecule has 8 nitrogen and oxygen atoms in total. The van der Waals surface area contributed by atoms with Gasteiger partial charge in [0.1, 0.15) is 23.9 Å². The van der Waals surface area contributed by atoms with Crippen LogP contribution in [0.4, 0.5) is 4.79 Å². The van der Waals surface area contributed by atoms with Gasteiger partial charge in [-0.1, -0.05) is 32.4 Å². The predicted octanol–water partition coefficient (Wildman–Crippen LogP) is 3.50. The van der Waals surface area contributed by atoms with Crippen LogP contribution in [-0.4, -0.2) is 52.6 Å². The van der Waals surface area contributed by atoms with Crippen molar-refractivity contribution in [2.45, 2.75) is 78.5 Å². The number of hydrogen-bond acceptors (Lipinski definition) is 5. The molecule has 0 aromatic heterocycles. The Morgan fingerprint density at radius 1 is 1.10 bits per heavy atom. The Hall–Kier alpha value is -2.77. The number of phenolic OH excluding ortho intramolecular Hbond substituents is 1. The maximum atomic E-state index is 13.2. The number of carbonyl (C=O) groups excluding carboxylic acids is 3. The summed E-state index contributed by atoms with van der Waals surface area (Å²) in [6.45, 7) is 11.1. The zero-order valence-corrected chi connectivity index (χ0v) is 19.5. The van der Waals surface area contributed by atoms with Gasteiger partial charge in [-0.2, -0.15) is 0 Å². The fourth-order valence-corrected chi connectivity index (χ4v) is 3.16. The van der Waals surface area contributed by atoms with Crippen LogP contribution in [-0.2, 0) is 14.3 Å². The van der Waals surface area contributed by atoms with Crippen LogP contribution in [0.1, 0.15) is 72.4 Å². The summed E-state index contributed by atoms with van der Waals surface area (Å²) in [7, 11) is 0. The quantitative estimate of drug-likeness (QED) is 0.521. The van der Waals surface area contributed by atoms with Crippen molar-refractivity contribution >= 4 is 17.9 Å². The Kier molecular flexibility index (Phi) is 10.3. The number of benzene rings is 1. The van der Waals surface area contributed by atoms with Gasteiger partial charge in [0.2, 0.25) is 11.8 Å². The Bertz CT molecular complexity index is 728. The molecule has 0 radical (unpaired) electrons. The van der Waals surface area contributed by atoms with Gasteiger partial charge in [-0.15, -0.1) is 0 Å². The van der Waals surface area contributed by atoms with Crippen molar-refractivity contribution in [1.29, 1.82) is 0 Å². The number of ether oxygens (including phenoxy) is 1. The van der Waals surface area contributed by atoms with Gasteiger partial charge in [0, 0.05) is 12.6 Å². The summed E-state index contributed by atoms with van der Waals surface area (Å²) in [5, 5.41) is 15.1. The third kappa shape index (κ3) is 9.27. The number of nitrogens with zero attached hydrogens (tertiary/aromatic N) is 1. The molecule has 3 amide bonds. The second kappa shape index (κ2) is 12.2. The lowest BCUT2D eigenvalue weighted by atomic mass is 10.0. The number of phenols is 1. The molecule has 0 bridgehead atoms. The van der Waals surface area contributed by atoms with Crippen molar-refractivity contribution in [3.63, 3.8) is 0 Å². The summed E-state index contributed by atoms with van der Waals surface area (Å²) in [5.74, 6) is -0.628. The van der Waals surface area contributed by atoms with Crippen molar-refractivity contribution < 1.29 is 24.2 Å². The number of alkyl carbamates (subject to hydrolysis) is 1. The number of nitrogens with one attached hydrogen (secondary N) is 2. The minimum Gasteiger partial charge on any atom is -0.508 e. The lowest BCUT2D eigenvalue weighted by molar-refractivity contribution is -0.140. The minimum absolute atomic E-state index is 0.0458. The van der Waals surface area contributed by atoms with Crippen molar-refractivity contribution in [3.05, 3.63) is 29.8 Å². The van der Waals surface area contributed by atoms with Crippen molar-refractivity contribution in [2.24, 2.45) is 0 Å². The number of rotatable bonds is 10. The fraction of sp³-hybridized carbons (Fsp3) is 0.609. The summed E-state index contributed by atoms with van der Waals surface area (Å²) in [6.07, 6.45) is 1.67. The van der Waals surface area contributed by atoms with E-state index in [-0.39, 0.29) is 24.2 Å². The van der Waals surface area contributed by atoms with E-state index in [0.29, 0.717) is 18.5 Å². The summed E-state index contributed by atoms with van der Waals surface area (Å²) in [5.41, 5.74) is -0.0989. The van der Waals surface area contributed by atoms with Crippen LogP contribution in [0.15, 0.2) is 24.3 Å². The van der Waals surface area contributed by atoms with Crippen LogP contribution in [0.3, 0.4) is 0 Å². The van der Waals surface area contributed by atoms with Crippen LogP contribution in [0.25, 0.3) is 0 Å². The highest BCUT2D eigenvalue weighted by atomic mass is 16.6. The Morgan fingerprint density at radius 3 is 2.23 bits per heavy atom. The van der Waals surface area contributed by atoms with E-state index in [1.54, 1.807) is 32.9 Å². The molecule has 0 spiro atoms. The second-order valence-corrected chi connectivity index (χ2v) is 8.63. The molecule has 8 heteroatoms.